The van der Waals surface area contributed by atoms with E-state index in [0.29, 0.717) is 6.04 Å². The lowest BCUT2D eigenvalue weighted by Crippen LogP contribution is -2.19. The fourth-order valence-corrected chi connectivity index (χ4v) is 1.79. The van der Waals surface area contributed by atoms with Crippen molar-refractivity contribution in [2.75, 3.05) is 0 Å². The molecule has 0 aliphatic heterocycles. The van der Waals surface area contributed by atoms with Crippen molar-refractivity contribution in [1.29, 1.82) is 0 Å². The number of nitrogens with zero attached hydrogens (tertiary/aromatic N) is 2. The van der Waals surface area contributed by atoms with E-state index in [9.17, 15) is 0 Å². The number of rotatable bonds is 4. The molecule has 1 aromatic rings. The van der Waals surface area contributed by atoms with E-state index >= 15 is 0 Å². The highest BCUT2D eigenvalue weighted by molar-refractivity contribution is 9.10. The van der Waals surface area contributed by atoms with Crippen LogP contribution in [0.15, 0.2) is 10.7 Å². The number of aryl methyl sites for hydroxylation is 1. The first-order valence-corrected chi connectivity index (χ1v) is 5.36. The molecule has 1 atom stereocenters. The van der Waals surface area contributed by atoms with E-state index in [1.165, 1.54) is 5.69 Å². The predicted molar refractivity (Wildman–Crippen MR) is 57.5 cm³/mol. The van der Waals surface area contributed by atoms with Crippen LogP contribution in [0.4, 0.5) is 0 Å². The van der Waals surface area contributed by atoms with Gasteiger partial charge in [-0.05, 0) is 35.2 Å². The zero-order valence-corrected chi connectivity index (χ0v) is 9.71. The first kappa shape index (κ1) is 10.7. The summed E-state index contributed by atoms with van der Waals surface area (Å²) in [5, 5.41) is 4.15. The fraction of sp³-hybridized carbons (Fsp3) is 0.667. The highest BCUT2D eigenvalue weighted by Gasteiger charge is 2.07. The summed E-state index contributed by atoms with van der Waals surface area (Å²) in [4.78, 5) is 0. The standard InChI is InChI=1S/C9H16BrN3/c1-3-7(11)4-5-9-8(10)6-12-13(9)2/h6-7H,3-5,11H2,1-2H3. The molecule has 13 heavy (non-hydrogen) atoms. The van der Waals surface area contributed by atoms with Gasteiger partial charge in [-0.3, -0.25) is 4.68 Å². The minimum absolute atomic E-state index is 0.307. The van der Waals surface area contributed by atoms with Gasteiger partial charge in [-0.2, -0.15) is 5.10 Å². The van der Waals surface area contributed by atoms with E-state index in [4.69, 9.17) is 5.73 Å². The lowest BCUT2D eigenvalue weighted by molar-refractivity contribution is 0.574. The summed E-state index contributed by atoms with van der Waals surface area (Å²) in [6.07, 6.45) is 4.88. The van der Waals surface area contributed by atoms with Gasteiger partial charge < -0.3 is 5.73 Å². The lowest BCUT2D eigenvalue weighted by Gasteiger charge is -2.08. The molecule has 0 saturated carbocycles. The van der Waals surface area contributed by atoms with E-state index in [2.05, 4.69) is 28.0 Å². The normalized spacial score (nSPS) is 13.2. The van der Waals surface area contributed by atoms with Crippen LogP contribution in [0.3, 0.4) is 0 Å². The van der Waals surface area contributed by atoms with Crippen molar-refractivity contribution < 1.29 is 0 Å². The predicted octanol–water partition coefficient (Wildman–Crippen LogP) is 1.85. The van der Waals surface area contributed by atoms with Crippen LogP contribution >= 0.6 is 15.9 Å². The van der Waals surface area contributed by atoms with Crippen molar-refractivity contribution in [3.8, 4) is 0 Å². The smallest absolute Gasteiger partial charge is 0.0635 e. The average molecular weight is 246 g/mol. The summed E-state index contributed by atoms with van der Waals surface area (Å²) in [6, 6.07) is 0.307. The molecule has 0 aliphatic carbocycles. The van der Waals surface area contributed by atoms with Gasteiger partial charge in [0.15, 0.2) is 0 Å². The Hall–Kier alpha value is -0.350. The maximum absolute atomic E-state index is 5.84. The van der Waals surface area contributed by atoms with E-state index < -0.39 is 0 Å². The monoisotopic (exact) mass is 245 g/mol. The Kier molecular flexibility index (Phi) is 3.93. The maximum atomic E-state index is 5.84. The molecule has 0 radical (unpaired) electrons. The average Bonchev–Trinajstić information content (AvgIpc) is 2.43. The van der Waals surface area contributed by atoms with E-state index in [-0.39, 0.29) is 0 Å². The summed E-state index contributed by atoms with van der Waals surface area (Å²) in [5.74, 6) is 0. The highest BCUT2D eigenvalue weighted by atomic mass is 79.9. The topological polar surface area (TPSA) is 43.8 Å². The molecule has 1 unspecified atom stereocenters. The Morgan fingerprint density at radius 1 is 1.69 bits per heavy atom. The van der Waals surface area contributed by atoms with Gasteiger partial charge >= 0.3 is 0 Å². The van der Waals surface area contributed by atoms with Crippen LogP contribution in [0.1, 0.15) is 25.5 Å². The third-order valence-electron chi connectivity index (χ3n) is 2.29. The van der Waals surface area contributed by atoms with Crippen LogP contribution in [0.2, 0.25) is 0 Å². The number of nitrogens with two attached hydrogens (primary N) is 1. The van der Waals surface area contributed by atoms with Crippen molar-refractivity contribution in [1.82, 2.24) is 9.78 Å². The van der Waals surface area contributed by atoms with Crippen molar-refractivity contribution in [2.45, 2.75) is 32.2 Å². The second-order valence-electron chi connectivity index (χ2n) is 3.27. The van der Waals surface area contributed by atoms with Crippen LogP contribution in [0.25, 0.3) is 0 Å². The summed E-state index contributed by atoms with van der Waals surface area (Å²) in [6.45, 7) is 2.11. The molecule has 3 nitrogen and oxygen atoms in total. The Labute approximate surface area is 87.4 Å². The van der Waals surface area contributed by atoms with Gasteiger partial charge in [-0.25, -0.2) is 0 Å². The van der Waals surface area contributed by atoms with Crippen molar-refractivity contribution in [3.05, 3.63) is 16.4 Å². The zero-order valence-electron chi connectivity index (χ0n) is 8.13. The Morgan fingerprint density at radius 3 is 2.85 bits per heavy atom. The number of aromatic nitrogens is 2. The molecule has 1 heterocycles. The number of hydrogen-bond acceptors (Lipinski definition) is 2. The van der Waals surface area contributed by atoms with Gasteiger partial charge in [-0.1, -0.05) is 6.92 Å². The van der Waals surface area contributed by atoms with Crippen LogP contribution in [0, 0.1) is 0 Å². The second kappa shape index (κ2) is 4.77. The molecule has 4 heteroatoms. The van der Waals surface area contributed by atoms with Crippen LogP contribution in [-0.2, 0) is 13.5 Å². The molecule has 1 rings (SSSR count). The molecule has 0 bridgehead atoms. The zero-order chi connectivity index (χ0) is 9.84. The number of halogens is 1. The molecular formula is C9H16BrN3. The van der Waals surface area contributed by atoms with E-state index in [1.54, 1.807) is 0 Å². The van der Waals surface area contributed by atoms with Crippen molar-refractivity contribution in [2.24, 2.45) is 12.8 Å². The quantitative estimate of drug-likeness (QED) is 0.881. The molecule has 0 amide bonds. The van der Waals surface area contributed by atoms with Gasteiger partial charge in [-0.15, -0.1) is 0 Å². The Bertz CT molecular complexity index is 250. The minimum atomic E-state index is 0.307. The highest BCUT2D eigenvalue weighted by Crippen LogP contribution is 2.17. The molecule has 0 spiro atoms. The second-order valence-corrected chi connectivity index (χ2v) is 4.12. The fourth-order valence-electron chi connectivity index (χ4n) is 1.24. The van der Waals surface area contributed by atoms with Crippen molar-refractivity contribution in [3.63, 3.8) is 0 Å². The van der Waals surface area contributed by atoms with Crippen molar-refractivity contribution >= 4 is 15.9 Å². The third kappa shape index (κ3) is 2.81. The molecule has 74 valence electrons. The summed E-state index contributed by atoms with van der Waals surface area (Å²) in [7, 11) is 1.96. The number of hydrogen-bond donors (Lipinski definition) is 1. The minimum Gasteiger partial charge on any atom is -0.328 e. The Morgan fingerprint density at radius 2 is 2.38 bits per heavy atom. The van der Waals surface area contributed by atoms with E-state index in [1.807, 2.05) is 17.9 Å². The molecule has 0 aromatic carbocycles. The van der Waals surface area contributed by atoms with Crippen LogP contribution in [-0.4, -0.2) is 15.8 Å². The first-order valence-electron chi connectivity index (χ1n) is 4.57. The van der Waals surface area contributed by atoms with Crippen LogP contribution in [0.5, 0.6) is 0 Å². The molecule has 1 aromatic heterocycles. The molecular weight excluding hydrogens is 230 g/mol. The molecule has 0 fully saturated rings. The Balaban J connectivity index is 2.53. The SMILES string of the molecule is CCC(N)CCc1c(Br)cnn1C. The van der Waals surface area contributed by atoms with E-state index in [0.717, 1.165) is 23.7 Å². The molecule has 0 saturated heterocycles. The lowest BCUT2D eigenvalue weighted by atomic mass is 10.1. The van der Waals surface area contributed by atoms with Gasteiger partial charge in [0.05, 0.1) is 16.4 Å². The first-order chi connectivity index (χ1) is 6.15. The van der Waals surface area contributed by atoms with Crippen LogP contribution < -0.4 is 5.73 Å². The maximum Gasteiger partial charge on any atom is 0.0635 e. The third-order valence-corrected chi connectivity index (χ3v) is 2.95. The summed E-state index contributed by atoms with van der Waals surface area (Å²) < 4.78 is 2.98. The van der Waals surface area contributed by atoms with Gasteiger partial charge in [0.25, 0.3) is 0 Å². The summed E-state index contributed by atoms with van der Waals surface area (Å²) >= 11 is 3.46. The van der Waals surface area contributed by atoms with Gasteiger partial charge in [0.2, 0.25) is 0 Å². The molecule has 2 N–H and O–H groups in total. The van der Waals surface area contributed by atoms with Gasteiger partial charge in [0, 0.05) is 13.1 Å². The van der Waals surface area contributed by atoms with Gasteiger partial charge in [0.1, 0.15) is 0 Å². The summed E-state index contributed by atoms with van der Waals surface area (Å²) in [5.41, 5.74) is 7.07. The molecule has 0 aliphatic rings. The largest absolute Gasteiger partial charge is 0.328 e.